The molecule has 0 aliphatic rings. The molecule has 2 amide bonds. The van der Waals surface area contributed by atoms with Crippen molar-refractivity contribution in [2.24, 2.45) is 0 Å². The summed E-state index contributed by atoms with van der Waals surface area (Å²) in [5.74, 6) is -2.32. The third-order valence-electron chi connectivity index (χ3n) is 10.3. The van der Waals surface area contributed by atoms with Crippen LogP contribution < -0.4 is 10.6 Å². The third-order valence-corrected chi connectivity index (χ3v) is 10.3. The van der Waals surface area contributed by atoms with Crippen LogP contribution >= 0.6 is 0 Å². The number of carboxylic acid groups (broad SMARTS) is 1. The average molecular weight is 815 g/mol. The largest absolute Gasteiger partial charge is 0.480 e. The smallest absolute Gasteiger partial charge is 0.328 e. The van der Waals surface area contributed by atoms with E-state index in [-0.39, 0.29) is 30.9 Å². The standard InChI is InChI=1S/C49H86N2O7/c1-3-5-7-9-11-13-15-17-19-21-23-25-27-30-34-38-44(39-35-31-29-32-36-40-46(53)50-42-47(54)51-45(43-52)49(56)57)58-48(55)41-37-33-28-26-24-22-20-18-16-14-12-10-8-6-4-2/h12,14-15,17-18,20-21,23,44-45,52H,3-11,13,16,19,22,24-43H2,1-2H3,(H,50,53)(H,51,54)(H,56,57)/b14-12-,17-15-,20-18-,23-21-. The maximum absolute atomic E-state index is 12.8. The molecule has 0 saturated carbocycles. The van der Waals surface area contributed by atoms with E-state index in [0.717, 1.165) is 103 Å². The fourth-order valence-corrected chi connectivity index (χ4v) is 6.66. The molecule has 0 spiro atoms. The Morgan fingerprint density at radius 2 is 0.931 bits per heavy atom. The van der Waals surface area contributed by atoms with Gasteiger partial charge in [0.1, 0.15) is 12.1 Å². The lowest BCUT2D eigenvalue weighted by Crippen LogP contribution is -2.47. The Hall–Kier alpha value is -3.20. The third kappa shape index (κ3) is 39.6. The van der Waals surface area contributed by atoms with Crippen LogP contribution in [-0.2, 0) is 23.9 Å². The van der Waals surface area contributed by atoms with E-state index in [4.69, 9.17) is 14.9 Å². The fraction of sp³-hybridized carbons (Fsp3) is 0.755. The topological polar surface area (TPSA) is 142 Å². The van der Waals surface area contributed by atoms with Crippen molar-refractivity contribution in [3.8, 4) is 0 Å². The molecule has 0 radical (unpaired) electrons. The first-order valence-electron chi connectivity index (χ1n) is 23.5. The molecule has 0 aromatic rings. The van der Waals surface area contributed by atoms with Crippen molar-refractivity contribution in [3.63, 3.8) is 0 Å². The minimum Gasteiger partial charge on any atom is -0.480 e. The van der Waals surface area contributed by atoms with Gasteiger partial charge in [0.2, 0.25) is 11.8 Å². The van der Waals surface area contributed by atoms with E-state index < -0.39 is 24.5 Å². The van der Waals surface area contributed by atoms with E-state index in [9.17, 15) is 19.2 Å². The van der Waals surface area contributed by atoms with E-state index in [1.54, 1.807) is 0 Å². The minimum atomic E-state index is -1.39. The summed E-state index contributed by atoms with van der Waals surface area (Å²) >= 11 is 0. The van der Waals surface area contributed by atoms with Gasteiger partial charge in [-0.3, -0.25) is 14.4 Å². The molecule has 334 valence electrons. The van der Waals surface area contributed by atoms with Crippen LogP contribution in [-0.4, -0.2) is 59.3 Å². The Labute approximate surface area is 354 Å². The van der Waals surface area contributed by atoms with Crippen LogP contribution in [0.5, 0.6) is 0 Å². The van der Waals surface area contributed by atoms with Gasteiger partial charge in [0.15, 0.2) is 0 Å². The summed E-state index contributed by atoms with van der Waals surface area (Å²) in [4.78, 5) is 47.7. The molecule has 2 unspecified atom stereocenters. The molecule has 0 saturated heterocycles. The number of unbranched alkanes of at least 4 members (excludes halogenated alkanes) is 20. The quantitative estimate of drug-likeness (QED) is 0.0273. The zero-order valence-electron chi connectivity index (χ0n) is 37.0. The first-order chi connectivity index (χ1) is 28.3. The SMILES string of the molecule is CCCCC/C=C\C/C=C\CCCCCCCC(=O)OC(CCCCC/C=C\C/C=C\CCCCCCC)CCCCCCCC(=O)NCC(=O)NC(CO)C(=O)O. The van der Waals surface area contributed by atoms with Gasteiger partial charge in [0, 0.05) is 12.8 Å². The van der Waals surface area contributed by atoms with E-state index >= 15 is 0 Å². The lowest BCUT2D eigenvalue weighted by atomic mass is 10.0. The van der Waals surface area contributed by atoms with Crippen LogP contribution in [0.2, 0.25) is 0 Å². The van der Waals surface area contributed by atoms with Crippen molar-refractivity contribution in [1.82, 2.24) is 10.6 Å². The number of hydrogen-bond acceptors (Lipinski definition) is 6. The number of esters is 1. The van der Waals surface area contributed by atoms with Gasteiger partial charge in [0.25, 0.3) is 0 Å². The monoisotopic (exact) mass is 815 g/mol. The van der Waals surface area contributed by atoms with E-state index in [0.29, 0.717) is 12.8 Å². The lowest BCUT2D eigenvalue weighted by molar-refractivity contribution is -0.150. The van der Waals surface area contributed by atoms with Crippen molar-refractivity contribution in [2.45, 2.75) is 225 Å². The highest BCUT2D eigenvalue weighted by atomic mass is 16.5. The summed E-state index contributed by atoms with van der Waals surface area (Å²) in [6.07, 6.45) is 51.3. The van der Waals surface area contributed by atoms with Gasteiger partial charge >= 0.3 is 11.9 Å². The molecule has 0 aliphatic carbocycles. The van der Waals surface area contributed by atoms with Crippen molar-refractivity contribution in [1.29, 1.82) is 0 Å². The Morgan fingerprint density at radius 1 is 0.517 bits per heavy atom. The number of aliphatic hydroxyl groups excluding tert-OH is 1. The number of amides is 2. The van der Waals surface area contributed by atoms with E-state index in [1.165, 1.54) is 77.0 Å². The molecule has 0 aromatic heterocycles. The number of nitrogens with one attached hydrogen (secondary N) is 2. The second-order valence-electron chi connectivity index (χ2n) is 15.8. The summed E-state index contributed by atoms with van der Waals surface area (Å²) in [5.41, 5.74) is 0. The van der Waals surface area contributed by atoms with Crippen molar-refractivity contribution in [3.05, 3.63) is 48.6 Å². The lowest BCUT2D eigenvalue weighted by Gasteiger charge is -2.18. The molecule has 0 aromatic carbocycles. The summed E-state index contributed by atoms with van der Waals surface area (Å²) in [6.45, 7) is 3.45. The zero-order valence-corrected chi connectivity index (χ0v) is 37.0. The fourth-order valence-electron chi connectivity index (χ4n) is 6.66. The van der Waals surface area contributed by atoms with Gasteiger partial charge in [-0.05, 0) is 103 Å². The second-order valence-corrected chi connectivity index (χ2v) is 15.8. The Morgan fingerprint density at radius 3 is 1.43 bits per heavy atom. The summed E-state index contributed by atoms with van der Waals surface area (Å²) in [7, 11) is 0. The van der Waals surface area contributed by atoms with E-state index in [2.05, 4.69) is 73.1 Å². The second kappa shape index (κ2) is 43.4. The summed E-state index contributed by atoms with van der Waals surface area (Å²) < 4.78 is 6.03. The zero-order chi connectivity index (χ0) is 42.6. The Kier molecular flexibility index (Phi) is 41.0. The molecular formula is C49H86N2O7. The van der Waals surface area contributed by atoms with Crippen molar-refractivity contribution < 1.29 is 34.1 Å². The van der Waals surface area contributed by atoms with Crippen molar-refractivity contribution >= 4 is 23.8 Å². The number of aliphatic carboxylic acids is 1. The number of ether oxygens (including phenoxy) is 1. The molecule has 9 nitrogen and oxygen atoms in total. The molecule has 0 rings (SSSR count). The number of hydrogen-bond donors (Lipinski definition) is 4. The molecule has 9 heteroatoms. The number of allylic oxidation sites excluding steroid dienone is 8. The number of aliphatic hydroxyl groups is 1. The van der Waals surface area contributed by atoms with Crippen LogP contribution in [0, 0.1) is 0 Å². The molecule has 58 heavy (non-hydrogen) atoms. The highest BCUT2D eigenvalue weighted by Crippen LogP contribution is 2.18. The number of carbonyl (C=O) groups is 4. The summed E-state index contributed by atoms with van der Waals surface area (Å²) in [5, 5.41) is 22.6. The Balaban J connectivity index is 4.41. The Bertz CT molecular complexity index is 1120. The first-order valence-corrected chi connectivity index (χ1v) is 23.5. The van der Waals surface area contributed by atoms with Crippen molar-refractivity contribution in [2.75, 3.05) is 13.2 Å². The van der Waals surface area contributed by atoms with Gasteiger partial charge in [-0.25, -0.2) is 4.79 Å². The van der Waals surface area contributed by atoms with Crippen LogP contribution in [0.4, 0.5) is 0 Å². The van der Waals surface area contributed by atoms with Gasteiger partial charge in [-0.15, -0.1) is 0 Å². The van der Waals surface area contributed by atoms with Crippen LogP contribution in [0.1, 0.15) is 213 Å². The molecule has 4 N–H and O–H groups in total. The van der Waals surface area contributed by atoms with Crippen LogP contribution in [0.25, 0.3) is 0 Å². The van der Waals surface area contributed by atoms with Crippen LogP contribution in [0.3, 0.4) is 0 Å². The first kappa shape index (κ1) is 54.8. The predicted molar refractivity (Wildman–Crippen MR) is 241 cm³/mol. The van der Waals surface area contributed by atoms with Gasteiger partial charge < -0.3 is 25.6 Å². The predicted octanol–water partition coefficient (Wildman–Crippen LogP) is 11.9. The average Bonchev–Trinajstić information content (AvgIpc) is 3.21. The molecule has 0 bridgehead atoms. The van der Waals surface area contributed by atoms with Gasteiger partial charge in [-0.2, -0.15) is 0 Å². The molecule has 2 atom stereocenters. The van der Waals surface area contributed by atoms with Gasteiger partial charge in [-0.1, -0.05) is 146 Å². The number of rotatable bonds is 42. The highest BCUT2D eigenvalue weighted by Gasteiger charge is 2.19. The highest BCUT2D eigenvalue weighted by molar-refractivity contribution is 5.87. The van der Waals surface area contributed by atoms with Gasteiger partial charge in [0.05, 0.1) is 13.2 Å². The van der Waals surface area contributed by atoms with E-state index in [1.807, 2.05) is 0 Å². The molecule has 0 heterocycles. The number of carboxylic acids is 1. The number of carbonyl (C=O) groups excluding carboxylic acids is 3. The normalized spacial score (nSPS) is 12.9. The maximum Gasteiger partial charge on any atom is 0.328 e. The minimum absolute atomic E-state index is 0.0448. The maximum atomic E-state index is 12.8. The summed E-state index contributed by atoms with van der Waals surface area (Å²) in [6, 6.07) is -1.39. The van der Waals surface area contributed by atoms with Crippen LogP contribution in [0.15, 0.2) is 48.6 Å². The molecular weight excluding hydrogens is 729 g/mol. The molecule has 0 aliphatic heterocycles. The molecule has 0 fully saturated rings.